The maximum atomic E-state index is 12.1. The van der Waals surface area contributed by atoms with Gasteiger partial charge in [-0.05, 0) is 62.4 Å². The lowest BCUT2D eigenvalue weighted by Gasteiger charge is -2.21. The second-order valence-corrected chi connectivity index (χ2v) is 7.48. The van der Waals surface area contributed by atoms with E-state index >= 15 is 0 Å². The Kier molecular flexibility index (Phi) is 5.45. The zero-order valence-electron chi connectivity index (χ0n) is 13.3. The number of hydrogen-bond donors (Lipinski definition) is 2. The molecule has 2 rings (SSSR count). The molecule has 0 spiro atoms. The molecule has 1 aliphatic carbocycles. The Morgan fingerprint density at radius 1 is 1.36 bits per heavy atom. The zero-order chi connectivity index (χ0) is 16.2. The fourth-order valence-corrected chi connectivity index (χ4v) is 3.22. The second-order valence-electron chi connectivity index (χ2n) is 6.70. The highest BCUT2D eigenvalue weighted by Crippen LogP contribution is 2.26. The van der Waals surface area contributed by atoms with Crippen molar-refractivity contribution >= 4 is 23.3 Å². The van der Waals surface area contributed by atoms with Crippen LogP contribution in [0.1, 0.15) is 45.6 Å². The molecule has 2 amide bonds. The molecule has 22 heavy (non-hydrogen) atoms. The monoisotopic (exact) mass is 324 g/mol. The van der Waals surface area contributed by atoms with Gasteiger partial charge in [0.15, 0.2) is 0 Å². The van der Waals surface area contributed by atoms with Crippen LogP contribution < -0.4 is 10.6 Å². The third-order valence-corrected chi connectivity index (χ3v) is 4.30. The number of amides is 2. The molecule has 2 atom stereocenters. The Morgan fingerprint density at radius 3 is 2.77 bits per heavy atom. The van der Waals surface area contributed by atoms with Crippen LogP contribution in [0, 0.1) is 5.92 Å². The van der Waals surface area contributed by atoms with E-state index < -0.39 is 11.7 Å². The average Bonchev–Trinajstić information content (AvgIpc) is 3.04. The highest BCUT2D eigenvalue weighted by molar-refractivity contribution is 7.07. The molecule has 1 aliphatic rings. The van der Waals surface area contributed by atoms with Gasteiger partial charge in [0.05, 0.1) is 0 Å². The third-order valence-electron chi connectivity index (χ3n) is 3.57. The number of thiophene rings is 1. The van der Waals surface area contributed by atoms with Crippen LogP contribution in [0.4, 0.5) is 4.79 Å². The van der Waals surface area contributed by atoms with Crippen LogP contribution in [0.5, 0.6) is 0 Å². The zero-order valence-corrected chi connectivity index (χ0v) is 14.2. The van der Waals surface area contributed by atoms with Gasteiger partial charge in [0.1, 0.15) is 5.60 Å². The molecule has 0 unspecified atom stereocenters. The highest BCUT2D eigenvalue weighted by Gasteiger charge is 2.31. The Morgan fingerprint density at radius 2 is 2.14 bits per heavy atom. The molecule has 1 fully saturated rings. The molecule has 1 aromatic heterocycles. The minimum atomic E-state index is -0.500. The van der Waals surface area contributed by atoms with E-state index in [2.05, 4.69) is 10.6 Å². The van der Waals surface area contributed by atoms with Crippen LogP contribution in [-0.2, 0) is 16.1 Å². The molecule has 0 bridgehead atoms. The Labute approximate surface area is 135 Å². The molecule has 0 radical (unpaired) electrons. The number of nitrogens with one attached hydrogen (secondary N) is 2. The molecule has 0 aromatic carbocycles. The molecular weight excluding hydrogens is 300 g/mol. The van der Waals surface area contributed by atoms with Crippen molar-refractivity contribution in [3.8, 4) is 0 Å². The lowest BCUT2D eigenvalue weighted by molar-refractivity contribution is -0.125. The summed E-state index contributed by atoms with van der Waals surface area (Å²) < 4.78 is 5.24. The van der Waals surface area contributed by atoms with Crippen LogP contribution in [0.25, 0.3) is 0 Å². The number of hydrogen-bond acceptors (Lipinski definition) is 4. The summed E-state index contributed by atoms with van der Waals surface area (Å²) in [5.74, 6) is 0.0401. The SMILES string of the molecule is CC(C)(C)OC(=O)N[C@H]1CC[C@H](C(=O)NCc2ccsc2)C1. The Balaban J connectivity index is 1.72. The normalized spacial score (nSPS) is 21.4. The number of rotatable bonds is 4. The summed E-state index contributed by atoms with van der Waals surface area (Å²) in [6, 6.07) is 2.03. The average molecular weight is 324 g/mol. The Hall–Kier alpha value is -1.56. The molecule has 0 saturated heterocycles. The highest BCUT2D eigenvalue weighted by atomic mass is 32.1. The molecule has 122 valence electrons. The van der Waals surface area contributed by atoms with E-state index in [0.29, 0.717) is 13.0 Å². The number of carbonyl (C=O) groups is 2. The van der Waals surface area contributed by atoms with Crippen molar-refractivity contribution in [2.75, 3.05) is 0 Å². The first-order chi connectivity index (χ1) is 10.3. The molecule has 1 heterocycles. The number of carbonyl (C=O) groups excluding carboxylic acids is 2. The van der Waals surface area contributed by atoms with Crippen molar-refractivity contribution in [1.29, 1.82) is 0 Å². The molecular formula is C16H24N2O3S. The molecule has 5 nitrogen and oxygen atoms in total. The lowest BCUT2D eigenvalue weighted by atomic mass is 10.1. The standard InChI is InChI=1S/C16H24N2O3S/c1-16(2,3)21-15(20)18-13-5-4-12(8-13)14(19)17-9-11-6-7-22-10-11/h6-7,10,12-13H,4-5,8-9H2,1-3H3,(H,17,19)(H,18,20)/t12-,13-/m0/s1. The van der Waals surface area contributed by atoms with Gasteiger partial charge in [-0.25, -0.2) is 4.79 Å². The van der Waals surface area contributed by atoms with Crippen molar-refractivity contribution in [3.63, 3.8) is 0 Å². The van der Waals surface area contributed by atoms with Crippen LogP contribution in [0.15, 0.2) is 16.8 Å². The maximum Gasteiger partial charge on any atom is 0.407 e. The first-order valence-corrected chi connectivity index (χ1v) is 8.56. The first kappa shape index (κ1) is 16.8. The van der Waals surface area contributed by atoms with E-state index in [1.807, 2.05) is 37.6 Å². The minimum Gasteiger partial charge on any atom is -0.444 e. The summed E-state index contributed by atoms with van der Waals surface area (Å²) in [7, 11) is 0. The van der Waals surface area contributed by atoms with E-state index in [9.17, 15) is 9.59 Å². The topological polar surface area (TPSA) is 67.4 Å². The number of alkyl carbamates (subject to hydrolysis) is 1. The van der Waals surface area contributed by atoms with Gasteiger partial charge in [0.2, 0.25) is 5.91 Å². The summed E-state index contributed by atoms with van der Waals surface area (Å²) in [5.41, 5.74) is 0.625. The van der Waals surface area contributed by atoms with Crippen molar-refractivity contribution < 1.29 is 14.3 Å². The van der Waals surface area contributed by atoms with Gasteiger partial charge in [-0.15, -0.1) is 0 Å². The predicted molar refractivity (Wildman–Crippen MR) is 86.7 cm³/mol. The molecule has 0 aliphatic heterocycles. The van der Waals surface area contributed by atoms with Crippen LogP contribution in [0.3, 0.4) is 0 Å². The molecule has 1 aromatic rings. The van der Waals surface area contributed by atoms with Gasteiger partial charge in [-0.2, -0.15) is 11.3 Å². The maximum absolute atomic E-state index is 12.1. The van der Waals surface area contributed by atoms with Gasteiger partial charge >= 0.3 is 6.09 Å². The van der Waals surface area contributed by atoms with Crippen molar-refractivity contribution in [1.82, 2.24) is 10.6 Å². The summed E-state index contributed by atoms with van der Waals surface area (Å²) in [5, 5.41) is 9.84. The third kappa shape index (κ3) is 5.33. The lowest BCUT2D eigenvalue weighted by Crippen LogP contribution is -2.38. The summed E-state index contributed by atoms with van der Waals surface area (Å²) in [6.45, 7) is 6.08. The van der Waals surface area contributed by atoms with E-state index in [1.165, 1.54) is 0 Å². The second kappa shape index (κ2) is 7.13. The molecule has 2 N–H and O–H groups in total. The van der Waals surface area contributed by atoms with Crippen molar-refractivity contribution in [2.24, 2.45) is 5.92 Å². The van der Waals surface area contributed by atoms with Crippen LogP contribution in [-0.4, -0.2) is 23.6 Å². The van der Waals surface area contributed by atoms with Crippen molar-refractivity contribution in [2.45, 2.75) is 58.2 Å². The fraction of sp³-hybridized carbons (Fsp3) is 0.625. The van der Waals surface area contributed by atoms with E-state index in [1.54, 1.807) is 11.3 Å². The van der Waals surface area contributed by atoms with Gasteiger partial charge in [0, 0.05) is 18.5 Å². The molecule has 1 saturated carbocycles. The first-order valence-electron chi connectivity index (χ1n) is 7.62. The van der Waals surface area contributed by atoms with Crippen molar-refractivity contribution in [3.05, 3.63) is 22.4 Å². The fourth-order valence-electron chi connectivity index (χ4n) is 2.55. The summed E-state index contributed by atoms with van der Waals surface area (Å²) >= 11 is 1.62. The van der Waals surface area contributed by atoms with Gasteiger partial charge in [0.25, 0.3) is 0 Å². The minimum absolute atomic E-state index is 0.0201. The smallest absolute Gasteiger partial charge is 0.407 e. The van der Waals surface area contributed by atoms with E-state index in [0.717, 1.165) is 18.4 Å². The van der Waals surface area contributed by atoms with Gasteiger partial charge in [-0.1, -0.05) is 0 Å². The van der Waals surface area contributed by atoms with Gasteiger partial charge in [-0.3, -0.25) is 4.79 Å². The van der Waals surface area contributed by atoms with Crippen LogP contribution >= 0.6 is 11.3 Å². The quantitative estimate of drug-likeness (QED) is 0.894. The van der Waals surface area contributed by atoms with Gasteiger partial charge < -0.3 is 15.4 Å². The summed E-state index contributed by atoms with van der Waals surface area (Å²) in [6.07, 6.45) is 1.89. The van der Waals surface area contributed by atoms with E-state index in [4.69, 9.17) is 4.74 Å². The predicted octanol–water partition coefficient (Wildman–Crippen LogP) is 3.06. The largest absolute Gasteiger partial charge is 0.444 e. The molecule has 6 heteroatoms. The van der Waals surface area contributed by atoms with Crippen LogP contribution in [0.2, 0.25) is 0 Å². The Bertz CT molecular complexity index is 508. The number of ether oxygens (including phenoxy) is 1. The van der Waals surface area contributed by atoms with E-state index in [-0.39, 0.29) is 17.9 Å². The summed E-state index contributed by atoms with van der Waals surface area (Å²) in [4.78, 5) is 23.9.